The van der Waals surface area contributed by atoms with Crippen molar-refractivity contribution < 1.29 is 27.9 Å². The van der Waals surface area contributed by atoms with Gasteiger partial charge in [-0.1, -0.05) is 0 Å². The maximum Gasteiger partial charge on any atom is 0.257 e. The van der Waals surface area contributed by atoms with Gasteiger partial charge in [-0.05, 0) is 19.1 Å². The molecular weight excluding hydrogens is 443 g/mol. The molecule has 1 saturated heterocycles. The molecule has 4 rings (SSSR count). The monoisotopic (exact) mass is 461 g/mol. The summed E-state index contributed by atoms with van der Waals surface area (Å²) in [6.45, 7) is 0.503. The fourth-order valence-electron chi connectivity index (χ4n) is 3.50. The standard InChI is InChI=1S/C21H18F3N5O4/c1-10(6-22)26-21(33)14-9-29(20-15(24)4-11(23)7-25-20)19-13(18(14)32)2-3-16(27-19)28-8-12(30)5-17(28)31/h2-4,7,9-10,12,30H,5-6,8H2,1H3,(H,26,33)/t10-,12?/m0/s1. The summed E-state index contributed by atoms with van der Waals surface area (Å²) in [5.74, 6) is -3.70. The highest BCUT2D eigenvalue weighted by molar-refractivity contribution is 5.99. The van der Waals surface area contributed by atoms with Gasteiger partial charge in [0.15, 0.2) is 17.3 Å². The molecule has 2 N–H and O–H groups in total. The van der Waals surface area contributed by atoms with Crippen molar-refractivity contribution in [3.63, 3.8) is 0 Å². The van der Waals surface area contributed by atoms with Crippen LogP contribution in [0.5, 0.6) is 0 Å². The number of hydrogen-bond donors (Lipinski definition) is 2. The lowest BCUT2D eigenvalue weighted by Gasteiger charge is -2.18. The zero-order valence-electron chi connectivity index (χ0n) is 17.3. The van der Waals surface area contributed by atoms with Crippen LogP contribution in [0, 0.1) is 11.6 Å². The summed E-state index contributed by atoms with van der Waals surface area (Å²) in [6.07, 6.45) is 0.729. The second kappa shape index (κ2) is 8.62. The number of carbonyl (C=O) groups excluding carboxylic acids is 2. The molecule has 2 amide bonds. The normalized spacial score (nSPS) is 16.9. The van der Waals surface area contributed by atoms with Gasteiger partial charge < -0.3 is 10.4 Å². The van der Waals surface area contributed by atoms with Gasteiger partial charge in [-0.3, -0.25) is 23.9 Å². The number of anilines is 1. The van der Waals surface area contributed by atoms with E-state index < -0.39 is 59.1 Å². The SMILES string of the molecule is C[C@@H](CF)NC(=O)c1cn(-c2ncc(F)cc2F)c2nc(N3CC(O)CC3=O)ccc2c1=O. The summed E-state index contributed by atoms with van der Waals surface area (Å²) in [7, 11) is 0. The Labute approximate surface area is 184 Å². The first-order chi connectivity index (χ1) is 15.7. The maximum absolute atomic E-state index is 14.6. The van der Waals surface area contributed by atoms with Crippen molar-refractivity contribution in [3.05, 3.63) is 58.0 Å². The summed E-state index contributed by atoms with van der Waals surface area (Å²) >= 11 is 0. The summed E-state index contributed by atoms with van der Waals surface area (Å²) in [5.41, 5.74) is -1.35. The first kappa shape index (κ1) is 22.4. The third kappa shape index (κ3) is 4.16. The first-order valence-electron chi connectivity index (χ1n) is 9.92. The number of nitrogens with zero attached hydrogens (tertiary/aromatic N) is 4. The van der Waals surface area contributed by atoms with Crippen LogP contribution >= 0.6 is 0 Å². The molecule has 3 aromatic heterocycles. The minimum absolute atomic E-state index is 0.0215. The van der Waals surface area contributed by atoms with Gasteiger partial charge in [0, 0.05) is 12.3 Å². The zero-order valence-corrected chi connectivity index (χ0v) is 17.3. The van der Waals surface area contributed by atoms with Crippen LogP contribution in [0.25, 0.3) is 16.9 Å². The topological polar surface area (TPSA) is 117 Å². The number of halogens is 3. The summed E-state index contributed by atoms with van der Waals surface area (Å²) in [6, 6.07) is 2.34. The molecule has 1 fully saturated rings. The fourth-order valence-corrected chi connectivity index (χ4v) is 3.50. The second-order valence-corrected chi connectivity index (χ2v) is 7.63. The van der Waals surface area contributed by atoms with Crippen molar-refractivity contribution in [3.8, 4) is 5.82 Å². The molecule has 172 valence electrons. The highest BCUT2D eigenvalue weighted by Crippen LogP contribution is 2.24. The Kier molecular flexibility index (Phi) is 5.85. The molecular formula is C21H18F3N5O4. The molecule has 0 radical (unpaired) electrons. The minimum Gasteiger partial charge on any atom is -0.391 e. The van der Waals surface area contributed by atoms with E-state index in [1.165, 1.54) is 24.0 Å². The molecule has 0 aliphatic carbocycles. The number of alkyl halides is 1. The van der Waals surface area contributed by atoms with Crippen molar-refractivity contribution in [2.24, 2.45) is 0 Å². The number of pyridine rings is 3. The van der Waals surface area contributed by atoms with E-state index in [2.05, 4.69) is 15.3 Å². The van der Waals surface area contributed by atoms with Crippen LogP contribution in [-0.4, -0.2) is 56.8 Å². The molecule has 0 spiro atoms. The predicted molar refractivity (Wildman–Crippen MR) is 111 cm³/mol. The average molecular weight is 461 g/mol. The molecule has 1 unspecified atom stereocenters. The van der Waals surface area contributed by atoms with Gasteiger partial charge in [0.1, 0.15) is 23.9 Å². The lowest BCUT2D eigenvalue weighted by atomic mass is 10.1. The molecule has 33 heavy (non-hydrogen) atoms. The first-order valence-corrected chi connectivity index (χ1v) is 9.92. The van der Waals surface area contributed by atoms with Gasteiger partial charge in [-0.15, -0.1) is 0 Å². The van der Waals surface area contributed by atoms with Gasteiger partial charge in [0.05, 0.1) is 36.7 Å². The van der Waals surface area contributed by atoms with E-state index in [4.69, 9.17) is 0 Å². The molecule has 0 bridgehead atoms. The van der Waals surface area contributed by atoms with Crippen LogP contribution in [0.4, 0.5) is 19.0 Å². The van der Waals surface area contributed by atoms with E-state index in [-0.39, 0.29) is 29.8 Å². The van der Waals surface area contributed by atoms with E-state index >= 15 is 0 Å². The highest BCUT2D eigenvalue weighted by Gasteiger charge is 2.30. The Morgan fingerprint density at radius 3 is 2.73 bits per heavy atom. The van der Waals surface area contributed by atoms with Crippen LogP contribution < -0.4 is 15.6 Å². The lowest BCUT2D eigenvalue weighted by molar-refractivity contribution is -0.117. The number of aromatic nitrogens is 3. The third-order valence-corrected chi connectivity index (χ3v) is 5.09. The number of amides is 2. The van der Waals surface area contributed by atoms with Crippen LogP contribution in [0.1, 0.15) is 23.7 Å². The van der Waals surface area contributed by atoms with Gasteiger partial charge in [0.2, 0.25) is 11.3 Å². The Morgan fingerprint density at radius 2 is 2.09 bits per heavy atom. The molecule has 12 heteroatoms. The number of β-amino-alcohol motifs (C(OH)–C–C–N with tert-alkyl or cyclic N) is 1. The quantitative estimate of drug-likeness (QED) is 0.591. The van der Waals surface area contributed by atoms with Gasteiger partial charge in [0.25, 0.3) is 5.91 Å². The third-order valence-electron chi connectivity index (χ3n) is 5.09. The number of aliphatic hydroxyl groups excluding tert-OH is 1. The molecule has 9 nitrogen and oxygen atoms in total. The Bertz CT molecular complexity index is 1330. The summed E-state index contributed by atoms with van der Waals surface area (Å²) in [4.78, 5) is 47.0. The van der Waals surface area contributed by atoms with E-state index in [0.717, 1.165) is 17.0 Å². The molecule has 1 aliphatic heterocycles. The smallest absolute Gasteiger partial charge is 0.257 e. The van der Waals surface area contributed by atoms with Crippen LogP contribution in [0.2, 0.25) is 0 Å². The van der Waals surface area contributed by atoms with E-state index in [1.807, 2.05) is 0 Å². The lowest BCUT2D eigenvalue weighted by Crippen LogP contribution is -2.37. The maximum atomic E-state index is 14.6. The van der Waals surface area contributed by atoms with Crippen molar-refractivity contribution in [2.45, 2.75) is 25.5 Å². The van der Waals surface area contributed by atoms with Gasteiger partial charge in [-0.25, -0.2) is 23.1 Å². The molecule has 3 aromatic rings. The number of aliphatic hydroxyl groups is 1. The van der Waals surface area contributed by atoms with Gasteiger partial charge >= 0.3 is 0 Å². The highest BCUT2D eigenvalue weighted by atomic mass is 19.1. The van der Waals surface area contributed by atoms with Crippen LogP contribution in [-0.2, 0) is 4.79 Å². The largest absolute Gasteiger partial charge is 0.391 e. The van der Waals surface area contributed by atoms with E-state index in [1.54, 1.807) is 0 Å². The van der Waals surface area contributed by atoms with Crippen molar-refractivity contribution >= 4 is 28.7 Å². The molecule has 0 aromatic carbocycles. The Hall–Kier alpha value is -3.80. The molecule has 4 heterocycles. The van der Waals surface area contributed by atoms with E-state index in [0.29, 0.717) is 6.07 Å². The molecule has 1 aliphatic rings. The van der Waals surface area contributed by atoms with Crippen LogP contribution in [0.15, 0.2) is 35.4 Å². The second-order valence-electron chi connectivity index (χ2n) is 7.63. The number of rotatable bonds is 5. The number of hydrogen-bond acceptors (Lipinski definition) is 6. The van der Waals surface area contributed by atoms with Crippen molar-refractivity contribution in [2.75, 3.05) is 18.1 Å². The molecule has 0 saturated carbocycles. The van der Waals surface area contributed by atoms with Crippen molar-refractivity contribution in [1.82, 2.24) is 19.9 Å². The average Bonchev–Trinajstić information content (AvgIpc) is 3.12. The Balaban J connectivity index is 1.96. The summed E-state index contributed by atoms with van der Waals surface area (Å²) < 4.78 is 41.9. The number of fused-ring (bicyclic) bond motifs is 1. The summed E-state index contributed by atoms with van der Waals surface area (Å²) in [5, 5.41) is 12.0. The fraction of sp³-hybridized carbons (Fsp3) is 0.286. The Morgan fingerprint density at radius 1 is 1.33 bits per heavy atom. The zero-order chi connectivity index (χ0) is 23.9. The number of nitrogens with one attached hydrogen (secondary N) is 1. The minimum atomic E-state index is -1.09. The van der Waals surface area contributed by atoms with Gasteiger partial charge in [-0.2, -0.15) is 0 Å². The molecule has 2 atom stereocenters. The van der Waals surface area contributed by atoms with Crippen LogP contribution in [0.3, 0.4) is 0 Å². The predicted octanol–water partition coefficient (Wildman–Crippen LogP) is 1.24. The number of carbonyl (C=O) groups is 2. The van der Waals surface area contributed by atoms with E-state index in [9.17, 15) is 32.7 Å². The van der Waals surface area contributed by atoms with Crippen molar-refractivity contribution in [1.29, 1.82) is 0 Å².